The Morgan fingerprint density at radius 2 is 1.74 bits per heavy atom. The van der Waals surface area contributed by atoms with Crippen molar-refractivity contribution in [2.24, 2.45) is 0 Å². The van der Waals surface area contributed by atoms with Gasteiger partial charge in [-0.15, -0.1) is 0 Å². The van der Waals surface area contributed by atoms with Gasteiger partial charge in [-0.05, 0) is 42.3 Å². The molecule has 2 aromatic carbocycles. The first kappa shape index (κ1) is 25.2. The Kier molecular flexibility index (Phi) is 6.75. The fourth-order valence-corrected chi connectivity index (χ4v) is 3.91. The van der Waals surface area contributed by atoms with E-state index in [0.717, 1.165) is 12.1 Å². The Morgan fingerprint density at radius 3 is 2.47 bits per heavy atom. The van der Waals surface area contributed by atoms with Crippen LogP contribution in [0.2, 0.25) is 0 Å². The van der Waals surface area contributed by atoms with E-state index in [4.69, 9.17) is 4.74 Å². The Morgan fingerprint density at radius 1 is 0.921 bits per heavy atom. The minimum absolute atomic E-state index is 0.00299. The molecule has 0 radical (unpaired) electrons. The standard InChI is InChI=1S/C27H20F5N5O/c1-2-10-38-18-8-9-19(21(11-18)27(30,31)32)16-6-7-17(33-12-16)14-37-15-24-23(13-34-37)35-26(36-24)20-4-3-5-22(28)25(20)29/h3-9,11-13,15H,2,10,14H2,1H3. The summed E-state index contributed by atoms with van der Waals surface area (Å²) in [5, 5.41) is 4.25. The molecule has 2 aliphatic heterocycles. The third-order valence-corrected chi connectivity index (χ3v) is 5.74. The third kappa shape index (κ3) is 5.17. The summed E-state index contributed by atoms with van der Waals surface area (Å²) in [7, 11) is 0. The molecular formula is C27H20F5N5O. The largest absolute Gasteiger partial charge is 0.494 e. The van der Waals surface area contributed by atoms with Gasteiger partial charge in [0.1, 0.15) is 17.1 Å². The second kappa shape index (κ2) is 10.2. The first-order chi connectivity index (χ1) is 18.2. The van der Waals surface area contributed by atoms with Crippen LogP contribution in [0.3, 0.4) is 0 Å². The van der Waals surface area contributed by atoms with Gasteiger partial charge < -0.3 is 4.74 Å². The van der Waals surface area contributed by atoms with E-state index in [1.54, 1.807) is 18.3 Å². The minimum Gasteiger partial charge on any atom is -0.494 e. The number of fused-ring (bicyclic) bond motifs is 1. The summed E-state index contributed by atoms with van der Waals surface area (Å²) >= 11 is 0. The molecule has 0 amide bonds. The minimum atomic E-state index is -4.57. The van der Waals surface area contributed by atoms with Gasteiger partial charge in [-0.25, -0.2) is 18.7 Å². The topological polar surface area (TPSA) is 65.7 Å². The van der Waals surface area contributed by atoms with Crippen molar-refractivity contribution in [3.05, 3.63) is 90.0 Å². The van der Waals surface area contributed by atoms with Crippen LogP contribution in [0.4, 0.5) is 22.0 Å². The normalized spacial score (nSPS) is 11.7. The Labute approximate surface area is 214 Å². The molecule has 38 heavy (non-hydrogen) atoms. The molecule has 11 heteroatoms. The van der Waals surface area contributed by atoms with Crippen molar-refractivity contribution in [2.45, 2.75) is 26.1 Å². The van der Waals surface area contributed by atoms with Gasteiger partial charge in [0.15, 0.2) is 17.5 Å². The number of alkyl halides is 3. The second-order valence-corrected chi connectivity index (χ2v) is 8.48. The Balaban J connectivity index is 1.38. The number of hydrogen-bond donors (Lipinski definition) is 0. The molecule has 194 valence electrons. The van der Waals surface area contributed by atoms with Crippen LogP contribution in [-0.2, 0) is 12.7 Å². The number of pyridine rings is 1. The van der Waals surface area contributed by atoms with E-state index >= 15 is 0 Å². The van der Waals surface area contributed by atoms with E-state index in [1.165, 1.54) is 41.3 Å². The predicted molar refractivity (Wildman–Crippen MR) is 129 cm³/mol. The van der Waals surface area contributed by atoms with E-state index in [0.29, 0.717) is 35.7 Å². The van der Waals surface area contributed by atoms with Crippen LogP contribution in [0, 0.1) is 11.6 Å². The van der Waals surface area contributed by atoms with Crippen LogP contribution in [0.15, 0.2) is 67.1 Å². The number of nitrogens with zero attached hydrogens (tertiary/aromatic N) is 5. The molecule has 5 rings (SSSR count). The average Bonchev–Trinajstić information content (AvgIpc) is 3.32. The van der Waals surface area contributed by atoms with Gasteiger partial charge in [-0.3, -0.25) is 9.67 Å². The number of hydrogen-bond acceptors (Lipinski definition) is 5. The van der Waals surface area contributed by atoms with Crippen molar-refractivity contribution in [3.8, 4) is 39.7 Å². The molecule has 0 aliphatic carbocycles. The highest BCUT2D eigenvalue weighted by Crippen LogP contribution is 2.39. The number of ether oxygens (including phenoxy) is 1. The summed E-state index contributed by atoms with van der Waals surface area (Å²) in [6.07, 6.45) is 0.505. The highest BCUT2D eigenvalue weighted by molar-refractivity contribution is 5.69. The highest BCUT2D eigenvalue weighted by Gasteiger charge is 2.34. The summed E-state index contributed by atoms with van der Waals surface area (Å²) in [4.78, 5) is 12.8. The third-order valence-electron chi connectivity index (χ3n) is 5.74. The molecule has 6 nitrogen and oxygen atoms in total. The van der Waals surface area contributed by atoms with E-state index in [2.05, 4.69) is 20.1 Å². The van der Waals surface area contributed by atoms with Gasteiger partial charge in [0.2, 0.25) is 0 Å². The van der Waals surface area contributed by atoms with Crippen molar-refractivity contribution in [2.75, 3.05) is 6.61 Å². The van der Waals surface area contributed by atoms with Crippen LogP contribution in [0.5, 0.6) is 5.75 Å². The van der Waals surface area contributed by atoms with Crippen LogP contribution in [-0.4, -0.2) is 31.3 Å². The van der Waals surface area contributed by atoms with Crippen molar-refractivity contribution < 1.29 is 26.7 Å². The molecule has 0 bridgehead atoms. The molecule has 0 saturated carbocycles. The molecule has 0 unspecified atom stereocenters. The predicted octanol–water partition coefficient (Wildman–Crippen LogP) is 6.64. The summed E-state index contributed by atoms with van der Waals surface area (Å²) in [5.41, 5.74) is 0.787. The van der Waals surface area contributed by atoms with E-state index in [9.17, 15) is 22.0 Å². The Hall–Kier alpha value is -4.41. The van der Waals surface area contributed by atoms with E-state index < -0.39 is 23.4 Å². The summed E-state index contributed by atoms with van der Waals surface area (Å²) in [6, 6.07) is 10.8. The van der Waals surface area contributed by atoms with Crippen LogP contribution >= 0.6 is 0 Å². The van der Waals surface area contributed by atoms with Crippen LogP contribution < -0.4 is 4.74 Å². The van der Waals surface area contributed by atoms with Gasteiger partial charge in [-0.1, -0.05) is 25.1 Å². The lowest BCUT2D eigenvalue weighted by molar-refractivity contribution is -0.137. The summed E-state index contributed by atoms with van der Waals surface area (Å²) in [5.74, 6) is -1.85. The number of benzene rings is 2. The van der Waals surface area contributed by atoms with Gasteiger partial charge in [0.25, 0.3) is 0 Å². The monoisotopic (exact) mass is 525 g/mol. The fourth-order valence-electron chi connectivity index (χ4n) is 3.91. The summed E-state index contributed by atoms with van der Waals surface area (Å²) < 4.78 is 75.9. The number of aromatic nitrogens is 5. The highest BCUT2D eigenvalue weighted by atomic mass is 19.4. The first-order valence-electron chi connectivity index (χ1n) is 11.7. The molecule has 3 aromatic rings. The zero-order valence-electron chi connectivity index (χ0n) is 20.0. The second-order valence-electron chi connectivity index (χ2n) is 8.48. The van der Waals surface area contributed by atoms with Gasteiger partial charge in [0, 0.05) is 11.8 Å². The molecule has 0 N–H and O–H groups in total. The molecule has 0 fully saturated rings. The maximum Gasteiger partial charge on any atom is 0.417 e. The quantitative estimate of drug-likeness (QED) is 0.223. The SMILES string of the molecule is CCCOc1ccc(-c2ccc(Cn3cc4nc(-c5cccc(F)c5F)nc-4cn3)nc2)c(C(F)(F)F)c1. The molecule has 0 spiro atoms. The Bertz CT molecular complexity index is 1550. The van der Waals surface area contributed by atoms with Crippen molar-refractivity contribution >= 4 is 0 Å². The first-order valence-corrected chi connectivity index (χ1v) is 11.7. The maximum atomic E-state index is 14.1. The van der Waals surface area contributed by atoms with Gasteiger partial charge >= 0.3 is 6.18 Å². The lowest BCUT2D eigenvalue weighted by atomic mass is 10.00. The molecule has 0 saturated heterocycles. The number of rotatable bonds is 7. The average molecular weight is 525 g/mol. The molecule has 1 aromatic heterocycles. The maximum absolute atomic E-state index is 14.1. The van der Waals surface area contributed by atoms with E-state index in [-0.39, 0.29) is 29.2 Å². The fraction of sp³-hybridized carbons (Fsp3) is 0.185. The smallest absolute Gasteiger partial charge is 0.417 e. The molecule has 3 heterocycles. The van der Waals surface area contributed by atoms with Crippen LogP contribution in [0.1, 0.15) is 24.6 Å². The van der Waals surface area contributed by atoms with Gasteiger partial charge in [0.05, 0.1) is 42.4 Å². The van der Waals surface area contributed by atoms with Crippen LogP contribution in [0.25, 0.3) is 33.9 Å². The zero-order valence-corrected chi connectivity index (χ0v) is 20.0. The van der Waals surface area contributed by atoms with Crippen molar-refractivity contribution in [1.82, 2.24) is 24.7 Å². The summed E-state index contributed by atoms with van der Waals surface area (Å²) in [6.45, 7) is 2.39. The zero-order chi connectivity index (χ0) is 26.9. The lowest BCUT2D eigenvalue weighted by Gasteiger charge is -2.15. The molecule has 2 aliphatic rings. The van der Waals surface area contributed by atoms with Gasteiger partial charge in [-0.2, -0.15) is 18.3 Å². The molecule has 0 atom stereocenters. The number of imidazole rings is 1. The van der Waals surface area contributed by atoms with E-state index in [1.807, 2.05) is 6.92 Å². The van der Waals surface area contributed by atoms with Crippen molar-refractivity contribution in [1.29, 1.82) is 0 Å². The van der Waals surface area contributed by atoms with Crippen molar-refractivity contribution in [3.63, 3.8) is 0 Å². The lowest BCUT2D eigenvalue weighted by Crippen LogP contribution is -2.09. The molecular weight excluding hydrogens is 505 g/mol. The number of halogens is 5.